The molecule has 0 N–H and O–H groups in total. The summed E-state index contributed by atoms with van der Waals surface area (Å²) in [5, 5.41) is -6.88. The molecule has 3 nitrogen and oxygen atoms in total. The van der Waals surface area contributed by atoms with Gasteiger partial charge in [-0.3, -0.25) is 0 Å². The number of hydrogen-bond donors (Lipinski definition) is 0. The van der Waals surface area contributed by atoms with E-state index in [0.29, 0.717) is 0 Å². The summed E-state index contributed by atoms with van der Waals surface area (Å²) in [7, 11) is -7.27. The molecular weight excluding hydrogens is 351 g/mol. The van der Waals surface area contributed by atoms with E-state index >= 15 is 0 Å². The summed E-state index contributed by atoms with van der Waals surface area (Å²) < 4.78 is 132. The number of halogens is 8. The zero-order chi connectivity index (χ0) is 16.6. The van der Waals surface area contributed by atoms with Crippen molar-refractivity contribution in [3.05, 3.63) is 0 Å². The van der Waals surface area contributed by atoms with E-state index < -0.39 is 46.0 Å². The van der Waals surface area contributed by atoms with Crippen LogP contribution in [0.5, 0.6) is 0 Å². The third-order valence-electron chi connectivity index (χ3n) is 2.38. The van der Waals surface area contributed by atoms with Crippen LogP contribution in [0.4, 0.5) is 35.1 Å². The summed E-state index contributed by atoms with van der Waals surface area (Å²) in [5.74, 6) is -19.4. The second-order valence-corrected chi connectivity index (χ2v) is 5.35. The first-order valence-corrected chi connectivity index (χ1v) is 6.43. The SMILES string of the molecule is CCCCC(F)(F)C(F)(F)C(F)(F)C(F)(F)S(=O)(=O)[O-].[Na+]. The Morgan fingerprint density at radius 2 is 1.29 bits per heavy atom. The molecule has 0 rings (SSSR count). The van der Waals surface area contributed by atoms with Gasteiger partial charge in [0.2, 0.25) is 0 Å². The van der Waals surface area contributed by atoms with Crippen LogP contribution in [0.2, 0.25) is 0 Å². The molecule has 0 aliphatic carbocycles. The summed E-state index contributed by atoms with van der Waals surface area (Å²) in [6.07, 6.45) is -2.71. The molecule has 0 aliphatic rings. The van der Waals surface area contributed by atoms with Crippen molar-refractivity contribution in [3.63, 3.8) is 0 Å². The molecule has 0 unspecified atom stereocenters. The van der Waals surface area contributed by atoms with Gasteiger partial charge in [-0.2, -0.15) is 35.1 Å². The van der Waals surface area contributed by atoms with Crippen LogP contribution in [-0.4, -0.2) is 36.0 Å². The molecule has 0 spiro atoms. The average Bonchev–Trinajstić information content (AvgIpc) is 2.24. The van der Waals surface area contributed by atoms with Crippen LogP contribution in [0, 0.1) is 0 Å². The van der Waals surface area contributed by atoms with Gasteiger partial charge in [0, 0.05) is 6.42 Å². The van der Waals surface area contributed by atoms with Gasteiger partial charge in [-0.05, 0) is 6.42 Å². The van der Waals surface area contributed by atoms with Crippen molar-refractivity contribution in [2.45, 2.75) is 49.2 Å². The van der Waals surface area contributed by atoms with E-state index in [1.165, 1.54) is 6.92 Å². The van der Waals surface area contributed by atoms with Crippen LogP contribution in [0.25, 0.3) is 0 Å². The first-order valence-electron chi connectivity index (χ1n) is 5.03. The van der Waals surface area contributed by atoms with Crippen LogP contribution in [-0.2, 0) is 10.1 Å². The van der Waals surface area contributed by atoms with Gasteiger partial charge in [0.25, 0.3) is 0 Å². The predicted octanol–water partition coefficient (Wildman–Crippen LogP) is 0.225. The van der Waals surface area contributed by atoms with Crippen molar-refractivity contribution in [2.75, 3.05) is 0 Å². The number of unbranched alkanes of at least 4 members (excludes halogenated alkanes) is 1. The number of rotatable bonds is 7. The first-order chi connectivity index (χ1) is 8.56. The Labute approximate surface area is 137 Å². The molecule has 0 aromatic heterocycles. The van der Waals surface area contributed by atoms with Crippen LogP contribution in [0.15, 0.2) is 0 Å². The molecule has 21 heavy (non-hydrogen) atoms. The Bertz CT molecular complexity index is 450. The maximum Gasteiger partial charge on any atom is 1.00 e. The van der Waals surface area contributed by atoms with Crippen LogP contribution in [0.3, 0.4) is 0 Å². The summed E-state index contributed by atoms with van der Waals surface area (Å²) in [6.45, 7) is 1.24. The minimum Gasteiger partial charge on any atom is -0.743 e. The monoisotopic (exact) mass is 360 g/mol. The summed E-state index contributed by atoms with van der Waals surface area (Å²) in [6, 6.07) is 0. The fourth-order valence-corrected chi connectivity index (χ4v) is 1.57. The van der Waals surface area contributed by atoms with E-state index in [1.54, 1.807) is 0 Å². The van der Waals surface area contributed by atoms with E-state index in [2.05, 4.69) is 0 Å². The minimum atomic E-state index is -7.27. The van der Waals surface area contributed by atoms with Crippen LogP contribution >= 0.6 is 0 Å². The Hall–Kier alpha value is 0.350. The summed E-state index contributed by atoms with van der Waals surface area (Å²) >= 11 is 0. The molecule has 0 aromatic rings. The smallest absolute Gasteiger partial charge is 0.743 e. The molecule has 0 heterocycles. The number of hydrogen-bond acceptors (Lipinski definition) is 3. The van der Waals surface area contributed by atoms with E-state index in [0.717, 1.165) is 0 Å². The van der Waals surface area contributed by atoms with E-state index in [1.807, 2.05) is 0 Å². The molecule has 0 fully saturated rings. The van der Waals surface area contributed by atoms with Crippen LogP contribution in [0.1, 0.15) is 26.2 Å². The van der Waals surface area contributed by atoms with Crippen molar-refractivity contribution in [3.8, 4) is 0 Å². The standard InChI is InChI=1S/C8H10F8O3S.Na/c1-2-3-4-5(9,10)6(11,12)7(13,14)8(15,16)20(17,18)19;/h2-4H2,1H3,(H,17,18,19);/q;+1/p-1. The molecule has 0 radical (unpaired) electrons. The Balaban J connectivity index is 0. The normalized spacial score (nSPS) is 14.8. The molecule has 0 aromatic carbocycles. The fourth-order valence-electron chi connectivity index (χ4n) is 1.13. The quantitative estimate of drug-likeness (QED) is 0.371. The van der Waals surface area contributed by atoms with Crippen molar-refractivity contribution in [1.29, 1.82) is 0 Å². The van der Waals surface area contributed by atoms with Gasteiger partial charge < -0.3 is 4.55 Å². The molecule has 13 heteroatoms. The third-order valence-corrected chi connectivity index (χ3v) is 3.26. The minimum absolute atomic E-state index is 0. The third kappa shape index (κ3) is 4.01. The van der Waals surface area contributed by atoms with Gasteiger partial charge in [0.15, 0.2) is 10.1 Å². The topological polar surface area (TPSA) is 57.2 Å². The van der Waals surface area contributed by atoms with Gasteiger partial charge in [-0.25, -0.2) is 8.42 Å². The predicted molar refractivity (Wildman–Crippen MR) is 49.0 cm³/mol. The largest absolute Gasteiger partial charge is 1.00 e. The zero-order valence-corrected chi connectivity index (χ0v) is 13.6. The molecule has 0 saturated heterocycles. The molecule has 0 atom stereocenters. The fraction of sp³-hybridized carbons (Fsp3) is 1.00. The van der Waals surface area contributed by atoms with Crippen molar-refractivity contribution in [1.82, 2.24) is 0 Å². The van der Waals surface area contributed by atoms with Gasteiger partial charge >= 0.3 is 52.6 Å². The molecule has 0 aliphatic heterocycles. The van der Waals surface area contributed by atoms with Gasteiger partial charge in [-0.15, -0.1) is 0 Å². The first kappa shape index (κ1) is 23.6. The van der Waals surface area contributed by atoms with E-state index in [-0.39, 0.29) is 36.0 Å². The maximum absolute atomic E-state index is 12.9. The molecule has 0 amide bonds. The van der Waals surface area contributed by atoms with Crippen LogP contribution < -0.4 is 29.6 Å². The molecule has 0 saturated carbocycles. The summed E-state index contributed by atoms with van der Waals surface area (Å²) in [5.41, 5.74) is 0. The maximum atomic E-state index is 12.9. The van der Waals surface area contributed by atoms with Crippen molar-refractivity contribution >= 4 is 10.1 Å². The van der Waals surface area contributed by atoms with E-state index in [9.17, 15) is 48.1 Å². The Kier molecular flexibility index (Phi) is 7.70. The Morgan fingerprint density at radius 1 is 0.905 bits per heavy atom. The molecular formula is C8H9F8NaO3S. The second kappa shape index (κ2) is 6.85. The van der Waals surface area contributed by atoms with Gasteiger partial charge in [-0.1, -0.05) is 13.3 Å². The van der Waals surface area contributed by atoms with Crippen molar-refractivity contribution in [2.24, 2.45) is 0 Å². The second-order valence-electron chi connectivity index (χ2n) is 3.93. The van der Waals surface area contributed by atoms with Gasteiger partial charge in [0.05, 0.1) is 0 Å². The number of alkyl halides is 8. The summed E-state index contributed by atoms with van der Waals surface area (Å²) in [4.78, 5) is 0. The zero-order valence-electron chi connectivity index (χ0n) is 10.8. The van der Waals surface area contributed by atoms with E-state index in [4.69, 9.17) is 0 Å². The average molecular weight is 360 g/mol. The molecule has 122 valence electrons. The Morgan fingerprint density at radius 3 is 1.57 bits per heavy atom. The van der Waals surface area contributed by atoms with Crippen molar-refractivity contribution < 1.29 is 77.7 Å². The van der Waals surface area contributed by atoms with Gasteiger partial charge in [0.1, 0.15) is 0 Å². The molecule has 0 bridgehead atoms.